The molecule has 1 aliphatic rings. The summed E-state index contributed by atoms with van der Waals surface area (Å²) < 4.78 is 0.781. The number of amides is 2. The quantitative estimate of drug-likeness (QED) is 0.821. The fourth-order valence-corrected chi connectivity index (χ4v) is 2.92. The monoisotopic (exact) mass is 368 g/mol. The number of hydrogen-bond donors (Lipinski definition) is 1. The van der Waals surface area contributed by atoms with Crippen LogP contribution in [-0.2, 0) is 14.4 Å². The van der Waals surface area contributed by atoms with E-state index in [-0.39, 0.29) is 5.91 Å². The van der Waals surface area contributed by atoms with Crippen molar-refractivity contribution < 1.29 is 19.5 Å². The van der Waals surface area contributed by atoms with Gasteiger partial charge in [-0.1, -0.05) is 12.1 Å². The largest absolute Gasteiger partial charge is 0.480 e. The number of benzene rings is 1. The third-order valence-electron chi connectivity index (χ3n) is 3.93. The number of nitrogens with zero attached hydrogens (tertiary/aromatic N) is 2. The molecule has 1 aromatic rings. The van der Waals surface area contributed by atoms with Gasteiger partial charge >= 0.3 is 5.97 Å². The predicted octanol–water partition coefficient (Wildman–Crippen LogP) is 1.73. The van der Waals surface area contributed by atoms with Gasteiger partial charge in [0.05, 0.1) is 5.69 Å². The molecular weight excluding hydrogens is 352 g/mol. The normalized spacial score (nSPS) is 19.1. The van der Waals surface area contributed by atoms with Crippen LogP contribution in [-0.4, -0.2) is 47.4 Å². The van der Waals surface area contributed by atoms with Crippen molar-refractivity contribution in [2.45, 2.75) is 19.4 Å². The molecule has 0 saturated carbocycles. The minimum absolute atomic E-state index is 0.290. The van der Waals surface area contributed by atoms with Crippen LogP contribution in [0.2, 0.25) is 0 Å². The number of carbonyl (C=O) groups is 3. The van der Waals surface area contributed by atoms with Crippen molar-refractivity contribution in [3.8, 4) is 0 Å². The molecule has 2 atom stereocenters. The maximum atomic E-state index is 12.5. The van der Waals surface area contributed by atoms with Gasteiger partial charge in [-0.05, 0) is 41.4 Å². The highest BCUT2D eigenvalue weighted by Crippen LogP contribution is 2.32. The van der Waals surface area contributed by atoms with Gasteiger partial charge in [0.15, 0.2) is 0 Å². The highest BCUT2D eigenvalue weighted by Gasteiger charge is 2.40. The van der Waals surface area contributed by atoms with E-state index in [9.17, 15) is 14.4 Å². The van der Waals surface area contributed by atoms with Crippen LogP contribution in [0.4, 0.5) is 5.69 Å². The second kappa shape index (κ2) is 6.48. The van der Waals surface area contributed by atoms with Crippen LogP contribution in [0.1, 0.15) is 13.3 Å². The number of likely N-dealkylation sites (N-methyl/N-ethyl adjacent to an activating group) is 1. The lowest BCUT2D eigenvalue weighted by molar-refractivity contribution is -0.151. The van der Waals surface area contributed by atoms with E-state index < -0.39 is 23.8 Å². The number of carbonyl (C=O) groups excluding carboxylic acids is 2. The third kappa shape index (κ3) is 2.99. The zero-order valence-corrected chi connectivity index (χ0v) is 13.9. The molecule has 0 spiro atoms. The first-order chi connectivity index (χ1) is 10.3. The summed E-state index contributed by atoms with van der Waals surface area (Å²) in [5.41, 5.74) is 0.719. The SMILES string of the molecule is C[C@H](C(=O)O)N(C)C(=O)[C@H]1CCN(c2ccccc2Br)C1=O. The van der Waals surface area contributed by atoms with E-state index in [1.165, 1.54) is 14.0 Å². The molecular formula is C15H17BrN2O4. The van der Waals surface area contributed by atoms with Gasteiger partial charge < -0.3 is 14.9 Å². The van der Waals surface area contributed by atoms with Crippen LogP contribution < -0.4 is 4.90 Å². The number of para-hydroxylation sites is 1. The number of halogens is 1. The number of anilines is 1. The molecule has 2 amide bonds. The lowest BCUT2D eigenvalue weighted by Gasteiger charge is -2.24. The van der Waals surface area contributed by atoms with E-state index in [1.54, 1.807) is 11.0 Å². The molecule has 1 fully saturated rings. The summed E-state index contributed by atoms with van der Waals surface area (Å²) in [5.74, 6) is -2.65. The summed E-state index contributed by atoms with van der Waals surface area (Å²) in [6.45, 7) is 1.86. The second-order valence-corrected chi connectivity index (χ2v) is 6.10. The predicted molar refractivity (Wildman–Crippen MR) is 84.5 cm³/mol. The summed E-state index contributed by atoms with van der Waals surface area (Å²) in [6, 6.07) is 6.34. The van der Waals surface area contributed by atoms with Crippen LogP contribution >= 0.6 is 15.9 Å². The van der Waals surface area contributed by atoms with E-state index in [1.807, 2.05) is 18.2 Å². The zero-order chi connectivity index (χ0) is 16.4. The molecule has 0 bridgehead atoms. The molecule has 118 valence electrons. The fourth-order valence-electron chi connectivity index (χ4n) is 2.42. The fraction of sp³-hybridized carbons (Fsp3) is 0.400. The van der Waals surface area contributed by atoms with Crippen LogP contribution in [0.5, 0.6) is 0 Å². The van der Waals surface area contributed by atoms with E-state index >= 15 is 0 Å². The second-order valence-electron chi connectivity index (χ2n) is 5.25. The Bertz CT molecular complexity index is 619. The van der Waals surface area contributed by atoms with Crippen molar-refractivity contribution >= 4 is 39.4 Å². The molecule has 1 N–H and O–H groups in total. The average molecular weight is 369 g/mol. The summed E-state index contributed by atoms with van der Waals surface area (Å²) in [6.07, 6.45) is 0.385. The van der Waals surface area contributed by atoms with Crippen LogP contribution in [0.15, 0.2) is 28.7 Å². The highest BCUT2D eigenvalue weighted by molar-refractivity contribution is 9.10. The van der Waals surface area contributed by atoms with Gasteiger partial charge in [0, 0.05) is 18.1 Å². The Hall–Kier alpha value is -1.89. The molecule has 0 radical (unpaired) electrons. The smallest absolute Gasteiger partial charge is 0.326 e. The Kier molecular flexibility index (Phi) is 4.85. The van der Waals surface area contributed by atoms with Gasteiger partial charge in [-0.15, -0.1) is 0 Å². The van der Waals surface area contributed by atoms with Gasteiger partial charge in [-0.2, -0.15) is 0 Å². The molecule has 1 aliphatic heterocycles. The summed E-state index contributed by atoms with van der Waals surface area (Å²) in [7, 11) is 1.41. The Morgan fingerprint density at radius 2 is 2.05 bits per heavy atom. The Morgan fingerprint density at radius 1 is 1.41 bits per heavy atom. The number of hydrogen-bond acceptors (Lipinski definition) is 3. The molecule has 22 heavy (non-hydrogen) atoms. The van der Waals surface area contributed by atoms with Crippen LogP contribution in [0, 0.1) is 5.92 Å². The number of carboxylic acids is 1. The first-order valence-corrected chi connectivity index (χ1v) is 7.69. The minimum atomic E-state index is -1.09. The highest BCUT2D eigenvalue weighted by atomic mass is 79.9. The lowest BCUT2D eigenvalue weighted by Crippen LogP contribution is -2.45. The lowest BCUT2D eigenvalue weighted by atomic mass is 10.1. The van der Waals surface area contributed by atoms with Crippen LogP contribution in [0.3, 0.4) is 0 Å². The molecule has 7 heteroatoms. The van der Waals surface area contributed by atoms with E-state index in [0.29, 0.717) is 13.0 Å². The van der Waals surface area contributed by atoms with Gasteiger partial charge in [0.25, 0.3) is 0 Å². The molecule has 0 unspecified atom stereocenters. The molecule has 1 aromatic carbocycles. The van der Waals surface area contributed by atoms with Crippen molar-refractivity contribution in [1.29, 1.82) is 0 Å². The van der Waals surface area contributed by atoms with Gasteiger partial charge in [-0.25, -0.2) is 4.79 Å². The molecule has 0 aromatic heterocycles. The van der Waals surface area contributed by atoms with Gasteiger partial charge in [-0.3, -0.25) is 9.59 Å². The van der Waals surface area contributed by atoms with Gasteiger partial charge in [0.2, 0.25) is 11.8 Å². The Balaban J connectivity index is 2.16. The number of carboxylic acid groups (broad SMARTS) is 1. The average Bonchev–Trinajstić information content (AvgIpc) is 2.87. The maximum absolute atomic E-state index is 12.5. The first-order valence-electron chi connectivity index (χ1n) is 6.90. The summed E-state index contributed by atoms with van der Waals surface area (Å²) in [5, 5.41) is 8.98. The molecule has 2 rings (SSSR count). The Labute approximate surface area is 136 Å². The van der Waals surface area contributed by atoms with Crippen molar-refractivity contribution in [2.75, 3.05) is 18.5 Å². The first kappa shape index (κ1) is 16.5. The topological polar surface area (TPSA) is 77.9 Å². The minimum Gasteiger partial charge on any atom is -0.480 e. The van der Waals surface area contributed by atoms with E-state index in [4.69, 9.17) is 5.11 Å². The van der Waals surface area contributed by atoms with Crippen LogP contribution in [0.25, 0.3) is 0 Å². The van der Waals surface area contributed by atoms with E-state index in [2.05, 4.69) is 15.9 Å². The zero-order valence-electron chi connectivity index (χ0n) is 12.3. The summed E-state index contributed by atoms with van der Waals surface area (Å²) >= 11 is 3.40. The third-order valence-corrected chi connectivity index (χ3v) is 4.60. The van der Waals surface area contributed by atoms with Crippen molar-refractivity contribution in [3.05, 3.63) is 28.7 Å². The standard InChI is InChI=1S/C15H17BrN2O4/c1-9(15(21)22)17(2)13(19)10-7-8-18(14(10)20)12-6-4-3-5-11(12)16/h3-6,9-10H,7-8H2,1-2H3,(H,21,22)/t9-,10-/m1/s1. The maximum Gasteiger partial charge on any atom is 0.326 e. The summed E-state index contributed by atoms with van der Waals surface area (Å²) in [4.78, 5) is 38.5. The molecule has 1 saturated heterocycles. The van der Waals surface area contributed by atoms with Crippen molar-refractivity contribution in [2.24, 2.45) is 5.92 Å². The molecule has 0 aliphatic carbocycles. The number of rotatable bonds is 4. The van der Waals surface area contributed by atoms with Crippen molar-refractivity contribution in [1.82, 2.24) is 4.90 Å². The molecule has 1 heterocycles. The van der Waals surface area contributed by atoms with Gasteiger partial charge in [0.1, 0.15) is 12.0 Å². The van der Waals surface area contributed by atoms with E-state index in [0.717, 1.165) is 15.1 Å². The Morgan fingerprint density at radius 3 is 2.64 bits per heavy atom. The molecule has 6 nitrogen and oxygen atoms in total. The van der Waals surface area contributed by atoms with Crippen molar-refractivity contribution in [3.63, 3.8) is 0 Å². The number of aliphatic carboxylic acids is 1.